The van der Waals surface area contributed by atoms with Gasteiger partial charge in [-0.25, -0.2) is 0 Å². The van der Waals surface area contributed by atoms with E-state index in [0.717, 1.165) is 11.8 Å². The lowest BCUT2D eigenvalue weighted by Crippen LogP contribution is -2.28. The number of anilines is 1. The molecule has 1 fully saturated rings. The molecule has 0 radical (unpaired) electrons. The highest BCUT2D eigenvalue weighted by atomic mass is 32.2. The van der Waals surface area contributed by atoms with Gasteiger partial charge in [-0.1, -0.05) is 48.2 Å². The van der Waals surface area contributed by atoms with E-state index in [-0.39, 0.29) is 20.5 Å². The molecule has 1 saturated heterocycles. The van der Waals surface area contributed by atoms with Gasteiger partial charge in [-0.2, -0.15) is 0 Å². The Kier molecular flexibility index (Phi) is 5.06. The third-order valence-electron chi connectivity index (χ3n) is 3.86. The van der Waals surface area contributed by atoms with Gasteiger partial charge < -0.3 is 9.90 Å². The number of hydrogen-bond acceptors (Lipinski definition) is 7. The monoisotopic (exact) mass is 399 g/mol. The number of hydrogen-bond donors (Lipinski definition) is 0. The quantitative estimate of drug-likeness (QED) is 0.337. The average Bonchev–Trinajstić information content (AvgIpc) is 2.90. The Morgan fingerprint density at radius 2 is 2.00 bits per heavy atom. The van der Waals surface area contributed by atoms with Crippen molar-refractivity contribution in [3.8, 4) is 0 Å². The highest BCUT2D eigenvalue weighted by Crippen LogP contribution is 2.36. The van der Waals surface area contributed by atoms with Crippen LogP contribution in [0.1, 0.15) is 21.5 Å². The molecule has 0 bridgehead atoms. The molecule has 136 valence electrons. The van der Waals surface area contributed by atoms with E-state index in [2.05, 4.69) is 0 Å². The molecule has 1 amide bonds. The predicted octanol–water partition coefficient (Wildman–Crippen LogP) is 2.67. The minimum Gasteiger partial charge on any atom is -0.545 e. The number of carbonyl (C=O) groups excluding carboxylic acids is 2. The zero-order chi connectivity index (χ0) is 19.7. The first-order valence-corrected chi connectivity index (χ1v) is 8.85. The Morgan fingerprint density at radius 1 is 1.26 bits per heavy atom. The van der Waals surface area contributed by atoms with E-state index >= 15 is 0 Å². The second-order valence-corrected chi connectivity index (χ2v) is 7.33. The summed E-state index contributed by atoms with van der Waals surface area (Å²) in [6, 6.07) is 10.4. The largest absolute Gasteiger partial charge is 0.545 e. The van der Waals surface area contributed by atoms with Gasteiger partial charge in [-0.3, -0.25) is 19.8 Å². The SMILES string of the molecule is Cc1ccc(/C=C2\SC(=S)N(c3cccc(C(=O)[O-])c3)C2=O)cc1[N+](=O)[O-]. The molecule has 1 heterocycles. The number of amides is 1. The summed E-state index contributed by atoms with van der Waals surface area (Å²) in [7, 11) is 0. The summed E-state index contributed by atoms with van der Waals surface area (Å²) in [6.45, 7) is 1.63. The number of aryl methyl sites for hydroxylation is 1. The fourth-order valence-corrected chi connectivity index (χ4v) is 3.83. The van der Waals surface area contributed by atoms with Gasteiger partial charge in [0.15, 0.2) is 4.32 Å². The van der Waals surface area contributed by atoms with Gasteiger partial charge in [-0.15, -0.1) is 0 Å². The van der Waals surface area contributed by atoms with Crippen molar-refractivity contribution in [2.24, 2.45) is 0 Å². The number of nitro groups is 1. The van der Waals surface area contributed by atoms with Crippen LogP contribution < -0.4 is 10.0 Å². The van der Waals surface area contributed by atoms with Crippen LogP contribution in [0.3, 0.4) is 0 Å². The van der Waals surface area contributed by atoms with Crippen molar-refractivity contribution in [3.63, 3.8) is 0 Å². The fraction of sp³-hybridized carbons (Fsp3) is 0.0556. The maximum Gasteiger partial charge on any atom is 0.272 e. The second kappa shape index (κ2) is 7.29. The lowest BCUT2D eigenvalue weighted by molar-refractivity contribution is -0.385. The summed E-state index contributed by atoms with van der Waals surface area (Å²) in [4.78, 5) is 35.9. The number of thioether (sulfide) groups is 1. The predicted molar refractivity (Wildman–Crippen MR) is 104 cm³/mol. The first-order chi connectivity index (χ1) is 12.8. The van der Waals surface area contributed by atoms with E-state index < -0.39 is 16.8 Å². The Bertz CT molecular complexity index is 1030. The molecular formula is C18H11N2O5S2-. The van der Waals surface area contributed by atoms with Crippen LogP contribution in [0.4, 0.5) is 11.4 Å². The summed E-state index contributed by atoms with van der Waals surface area (Å²) in [5, 5.41) is 22.1. The maximum absolute atomic E-state index is 12.7. The van der Waals surface area contributed by atoms with Crippen LogP contribution in [0.15, 0.2) is 47.4 Å². The third-order valence-corrected chi connectivity index (χ3v) is 5.16. The maximum atomic E-state index is 12.7. The number of carbonyl (C=O) groups is 2. The minimum absolute atomic E-state index is 0.0408. The first kappa shape index (κ1) is 18.7. The minimum atomic E-state index is -1.36. The smallest absolute Gasteiger partial charge is 0.272 e. The molecule has 2 aromatic carbocycles. The van der Waals surface area contributed by atoms with Gasteiger partial charge in [0.05, 0.1) is 21.5 Å². The van der Waals surface area contributed by atoms with Crippen molar-refractivity contribution in [2.45, 2.75) is 6.92 Å². The highest BCUT2D eigenvalue weighted by molar-refractivity contribution is 8.27. The molecule has 27 heavy (non-hydrogen) atoms. The number of benzene rings is 2. The fourth-order valence-electron chi connectivity index (χ4n) is 2.53. The average molecular weight is 399 g/mol. The number of aromatic carboxylic acids is 1. The molecule has 0 N–H and O–H groups in total. The normalized spacial score (nSPS) is 15.4. The summed E-state index contributed by atoms with van der Waals surface area (Å²) in [6.07, 6.45) is 1.52. The molecule has 9 heteroatoms. The molecule has 0 saturated carbocycles. The number of carboxylic acids is 1. The zero-order valence-corrected chi connectivity index (χ0v) is 15.5. The van der Waals surface area contributed by atoms with Crippen molar-refractivity contribution >= 4 is 57.6 Å². The Balaban J connectivity index is 1.96. The zero-order valence-electron chi connectivity index (χ0n) is 13.9. The summed E-state index contributed by atoms with van der Waals surface area (Å²) >= 11 is 6.29. The van der Waals surface area contributed by atoms with Crippen molar-refractivity contribution in [1.82, 2.24) is 0 Å². The van der Waals surface area contributed by atoms with Crippen LogP contribution >= 0.6 is 24.0 Å². The number of rotatable bonds is 4. The van der Waals surface area contributed by atoms with Crippen LogP contribution in [0.2, 0.25) is 0 Å². The molecule has 1 aliphatic rings. The van der Waals surface area contributed by atoms with Gasteiger partial charge in [0, 0.05) is 11.6 Å². The van der Waals surface area contributed by atoms with E-state index in [1.807, 2.05) is 0 Å². The van der Waals surface area contributed by atoms with E-state index in [9.17, 15) is 24.8 Å². The van der Waals surface area contributed by atoms with E-state index in [1.54, 1.807) is 25.1 Å². The molecule has 0 atom stereocenters. The molecule has 0 spiro atoms. The number of nitro benzene ring substituents is 1. The molecule has 3 rings (SSSR count). The van der Waals surface area contributed by atoms with Crippen LogP contribution in [-0.4, -0.2) is 21.1 Å². The topological polar surface area (TPSA) is 104 Å². The molecule has 0 unspecified atom stereocenters. The van der Waals surface area contributed by atoms with Gasteiger partial charge in [0.25, 0.3) is 11.6 Å². The van der Waals surface area contributed by atoms with Gasteiger partial charge in [-0.05, 0) is 36.3 Å². The number of nitrogens with zero attached hydrogens (tertiary/aromatic N) is 2. The molecule has 7 nitrogen and oxygen atoms in total. The van der Waals surface area contributed by atoms with E-state index in [0.29, 0.717) is 16.8 Å². The third kappa shape index (κ3) is 3.74. The van der Waals surface area contributed by atoms with E-state index in [1.165, 1.54) is 35.2 Å². The highest BCUT2D eigenvalue weighted by Gasteiger charge is 2.33. The summed E-state index contributed by atoms with van der Waals surface area (Å²) in [5.74, 6) is -1.78. The Hall–Kier alpha value is -3.04. The summed E-state index contributed by atoms with van der Waals surface area (Å²) < 4.78 is 0.239. The number of carboxylic acid groups (broad SMARTS) is 1. The Labute approximate surface area is 163 Å². The lowest BCUT2D eigenvalue weighted by atomic mass is 10.1. The van der Waals surface area contributed by atoms with Crippen LogP contribution in [0.25, 0.3) is 6.08 Å². The van der Waals surface area contributed by atoms with Gasteiger partial charge >= 0.3 is 0 Å². The standard InChI is InChI=1S/C18H12N2O5S2/c1-10-5-6-11(7-14(10)20(24)25)8-15-16(21)19(18(26)27-15)13-4-2-3-12(9-13)17(22)23/h2-9H,1H3,(H,22,23)/p-1/b15-8-. The van der Waals surface area contributed by atoms with Crippen molar-refractivity contribution < 1.29 is 19.6 Å². The van der Waals surface area contributed by atoms with Gasteiger partial charge in [0.1, 0.15) is 0 Å². The van der Waals surface area contributed by atoms with Crippen molar-refractivity contribution in [1.29, 1.82) is 0 Å². The van der Waals surface area contributed by atoms with E-state index in [4.69, 9.17) is 12.2 Å². The summed E-state index contributed by atoms with van der Waals surface area (Å²) in [5.41, 5.74) is 1.22. The van der Waals surface area contributed by atoms with Crippen LogP contribution in [0.5, 0.6) is 0 Å². The van der Waals surface area contributed by atoms with Crippen molar-refractivity contribution in [3.05, 3.63) is 74.2 Å². The number of thiocarbonyl (C=S) groups is 1. The molecule has 0 aliphatic carbocycles. The van der Waals surface area contributed by atoms with Crippen LogP contribution in [0, 0.1) is 17.0 Å². The van der Waals surface area contributed by atoms with Crippen molar-refractivity contribution in [2.75, 3.05) is 4.90 Å². The molecule has 2 aromatic rings. The molecular weight excluding hydrogens is 388 g/mol. The first-order valence-electron chi connectivity index (χ1n) is 7.62. The van der Waals surface area contributed by atoms with Gasteiger partial charge in [0.2, 0.25) is 0 Å². The Morgan fingerprint density at radius 3 is 2.67 bits per heavy atom. The molecule has 0 aromatic heterocycles. The lowest BCUT2D eigenvalue weighted by Gasteiger charge is -2.15. The molecule has 1 aliphatic heterocycles. The second-order valence-electron chi connectivity index (χ2n) is 5.66. The van der Waals surface area contributed by atoms with Crippen LogP contribution in [-0.2, 0) is 4.79 Å².